The maximum absolute atomic E-state index is 11.4. The predicted octanol–water partition coefficient (Wildman–Crippen LogP) is 1.99. The molecule has 3 nitrogen and oxygen atoms in total. The number of hydrogen-bond acceptors (Lipinski definition) is 3. The minimum absolute atomic E-state index is 0.187. The first-order valence-electron chi connectivity index (χ1n) is 3.58. The molecule has 0 aromatic carbocycles. The third-order valence-corrected chi connectivity index (χ3v) is 3.16. The number of carbonyl (C=O) groups is 1. The van der Waals surface area contributed by atoms with E-state index in [9.17, 15) is 4.79 Å². The number of amides is 1. The summed E-state index contributed by atoms with van der Waals surface area (Å²) in [7, 11) is 0. The molecule has 1 unspecified atom stereocenters. The standard InChI is InChI=1S/C8H7IN2OS/c1-5(3-10)11-8(12)6-2-7(9)13-4-6/h2,4-5H,1H3,(H,11,12). The molecule has 1 heterocycles. The average Bonchev–Trinajstić information content (AvgIpc) is 2.51. The van der Waals surface area contributed by atoms with Gasteiger partial charge in [-0.2, -0.15) is 5.26 Å². The van der Waals surface area contributed by atoms with Crippen molar-refractivity contribution >= 4 is 39.8 Å². The molecular weight excluding hydrogens is 299 g/mol. The molecule has 0 aliphatic carbocycles. The Labute approximate surface area is 93.9 Å². The lowest BCUT2D eigenvalue weighted by Crippen LogP contribution is -2.30. The maximum Gasteiger partial charge on any atom is 0.253 e. The third kappa shape index (κ3) is 2.97. The Morgan fingerprint density at radius 3 is 3.00 bits per heavy atom. The summed E-state index contributed by atoms with van der Waals surface area (Å²) in [5.74, 6) is -0.187. The van der Waals surface area contributed by atoms with Crippen LogP contribution in [0.4, 0.5) is 0 Å². The van der Waals surface area contributed by atoms with Gasteiger partial charge in [-0.3, -0.25) is 4.79 Å². The van der Waals surface area contributed by atoms with Gasteiger partial charge in [0, 0.05) is 5.38 Å². The summed E-state index contributed by atoms with van der Waals surface area (Å²) in [6, 6.07) is 3.30. The van der Waals surface area contributed by atoms with Gasteiger partial charge in [0.2, 0.25) is 0 Å². The SMILES string of the molecule is CC(C#N)NC(=O)c1csc(I)c1. The molecule has 1 N–H and O–H groups in total. The van der Waals surface area contributed by atoms with Gasteiger partial charge >= 0.3 is 0 Å². The van der Waals surface area contributed by atoms with Crippen LogP contribution >= 0.6 is 33.9 Å². The molecule has 1 aromatic heterocycles. The molecule has 0 aliphatic heterocycles. The van der Waals surface area contributed by atoms with Crippen LogP contribution in [-0.4, -0.2) is 11.9 Å². The lowest BCUT2D eigenvalue weighted by atomic mass is 10.3. The van der Waals surface area contributed by atoms with E-state index < -0.39 is 6.04 Å². The van der Waals surface area contributed by atoms with Crippen molar-refractivity contribution in [2.24, 2.45) is 0 Å². The van der Waals surface area contributed by atoms with Crippen LogP contribution in [0, 0.1) is 14.2 Å². The highest BCUT2D eigenvalue weighted by Gasteiger charge is 2.09. The normalized spacial score (nSPS) is 11.8. The molecule has 0 bridgehead atoms. The summed E-state index contributed by atoms with van der Waals surface area (Å²) in [6.07, 6.45) is 0. The zero-order valence-corrected chi connectivity index (χ0v) is 9.85. The van der Waals surface area contributed by atoms with Crippen molar-refractivity contribution in [3.8, 4) is 6.07 Å². The summed E-state index contributed by atoms with van der Waals surface area (Å²) in [5.41, 5.74) is 0.622. The number of nitrogens with zero attached hydrogens (tertiary/aromatic N) is 1. The van der Waals surface area contributed by atoms with Crippen molar-refractivity contribution in [1.82, 2.24) is 5.32 Å². The van der Waals surface area contributed by atoms with E-state index in [0.29, 0.717) is 5.56 Å². The van der Waals surface area contributed by atoms with Gasteiger partial charge in [0.15, 0.2) is 0 Å². The van der Waals surface area contributed by atoms with E-state index in [4.69, 9.17) is 5.26 Å². The minimum Gasteiger partial charge on any atom is -0.337 e. The minimum atomic E-state index is -0.440. The van der Waals surface area contributed by atoms with Crippen molar-refractivity contribution in [2.45, 2.75) is 13.0 Å². The zero-order chi connectivity index (χ0) is 9.84. The Hall–Kier alpha value is -0.610. The van der Waals surface area contributed by atoms with E-state index in [-0.39, 0.29) is 5.91 Å². The second-order valence-corrected chi connectivity index (χ2v) is 5.27. The first-order valence-corrected chi connectivity index (χ1v) is 5.54. The Balaban J connectivity index is 2.65. The molecule has 68 valence electrons. The largest absolute Gasteiger partial charge is 0.337 e. The fourth-order valence-electron chi connectivity index (χ4n) is 0.741. The van der Waals surface area contributed by atoms with Crippen LogP contribution in [0.1, 0.15) is 17.3 Å². The maximum atomic E-state index is 11.4. The number of carbonyl (C=O) groups excluding carboxylic acids is 1. The van der Waals surface area contributed by atoms with Crippen molar-refractivity contribution in [3.63, 3.8) is 0 Å². The molecule has 1 rings (SSSR count). The molecule has 0 radical (unpaired) electrons. The molecule has 1 atom stereocenters. The highest BCUT2D eigenvalue weighted by atomic mass is 127. The van der Waals surface area contributed by atoms with Crippen LogP contribution < -0.4 is 5.32 Å². The summed E-state index contributed by atoms with van der Waals surface area (Å²) in [6.45, 7) is 1.65. The van der Waals surface area contributed by atoms with Crippen LogP contribution in [0.2, 0.25) is 0 Å². The molecule has 1 amide bonds. The number of nitrogens with one attached hydrogen (secondary N) is 1. The summed E-state index contributed by atoms with van der Waals surface area (Å²) in [5, 5.41) is 12.8. The highest BCUT2D eigenvalue weighted by molar-refractivity contribution is 14.1. The van der Waals surface area contributed by atoms with E-state index in [1.54, 1.807) is 18.4 Å². The van der Waals surface area contributed by atoms with Crippen LogP contribution in [0.5, 0.6) is 0 Å². The Morgan fingerprint density at radius 1 is 1.85 bits per heavy atom. The molecule has 13 heavy (non-hydrogen) atoms. The van der Waals surface area contributed by atoms with Crippen molar-refractivity contribution in [2.75, 3.05) is 0 Å². The lowest BCUT2D eigenvalue weighted by molar-refractivity contribution is 0.0948. The summed E-state index contributed by atoms with van der Waals surface area (Å²) < 4.78 is 1.06. The molecule has 0 saturated carbocycles. The number of hydrogen-bond donors (Lipinski definition) is 1. The van der Waals surface area contributed by atoms with Crippen molar-refractivity contribution in [1.29, 1.82) is 5.26 Å². The van der Waals surface area contributed by atoms with Crippen LogP contribution in [0.25, 0.3) is 0 Å². The number of rotatable bonds is 2. The predicted molar refractivity (Wildman–Crippen MR) is 59.6 cm³/mol. The molecule has 1 aromatic rings. The highest BCUT2D eigenvalue weighted by Crippen LogP contribution is 2.16. The molecule has 5 heteroatoms. The number of halogens is 1. The summed E-state index contributed by atoms with van der Waals surface area (Å²) >= 11 is 3.66. The van der Waals surface area contributed by atoms with Gasteiger partial charge < -0.3 is 5.32 Å². The van der Waals surface area contributed by atoms with Gasteiger partial charge in [-0.25, -0.2) is 0 Å². The van der Waals surface area contributed by atoms with E-state index in [0.717, 1.165) is 2.88 Å². The fraction of sp³-hybridized carbons (Fsp3) is 0.250. The van der Waals surface area contributed by atoms with Crippen molar-refractivity contribution in [3.05, 3.63) is 19.9 Å². The zero-order valence-electron chi connectivity index (χ0n) is 6.87. The van der Waals surface area contributed by atoms with Crippen LogP contribution in [-0.2, 0) is 0 Å². The number of nitriles is 1. The average molecular weight is 306 g/mol. The van der Waals surface area contributed by atoms with E-state index in [2.05, 4.69) is 27.9 Å². The van der Waals surface area contributed by atoms with Gasteiger partial charge in [0.25, 0.3) is 5.91 Å². The molecule has 0 saturated heterocycles. The van der Waals surface area contributed by atoms with Gasteiger partial charge in [-0.05, 0) is 35.6 Å². The molecular formula is C8H7IN2OS. The van der Waals surface area contributed by atoms with E-state index in [1.807, 2.05) is 6.07 Å². The monoisotopic (exact) mass is 306 g/mol. The van der Waals surface area contributed by atoms with Gasteiger partial charge in [-0.15, -0.1) is 11.3 Å². The third-order valence-electron chi connectivity index (χ3n) is 1.37. The quantitative estimate of drug-likeness (QED) is 0.850. The Kier molecular flexibility index (Phi) is 3.69. The second kappa shape index (κ2) is 4.58. The Bertz CT molecular complexity index is 355. The molecule has 0 aliphatic rings. The van der Waals surface area contributed by atoms with Crippen LogP contribution in [0.15, 0.2) is 11.4 Å². The van der Waals surface area contributed by atoms with E-state index >= 15 is 0 Å². The first kappa shape index (κ1) is 10.5. The second-order valence-electron chi connectivity index (χ2n) is 2.46. The van der Waals surface area contributed by atoms with Crippen molar-refractivity contribution < 1.29 is 4.79 Å². The smallest absolute Gasteiger partial charge is 0.253 e. The first-order chi connectivity index (χ1) is 6.13. The van der Waals surface area contributed by atoms with Gasteiger partial charge in [-0.1, -0.05) is 0 Å². The lowest BCUT2D eigenvalue weighted by Gasteiger charge is -2.03. The van der Waals surface area contributed by atoms with Gasteiger partial charge in [0.1, 0.15) is 6.04 Å². The van der Waals surface area contributed by atoms with Gasteiger partial charge in [0.05, 0.1) is 14.5 Å². The molecule has 0 fully saturated rings. The topological polar surface area (TPSA) is 52.9 Å². The fourth-order valence-corrected chi connectivity index (χ4v) is 2.07. The molecule has 0 spiro atoms. The number of thiophene rings is 1. The van der Waals surface area contributed by atoms with Crippen LogP contribution in [0.3, 0.4) is 0 Å². The van der Waals surface area contributed by atoms with E-state index in [1.165, 1.54) is 11.3 Å². The Morgan fingerprint density at radius 2 is 2.54 bits per heavy atom. The summed E-state index contributed by atoms with van der Waals surface area (Å²) in [4.78, 5) is 11.4.